The largest absolute Gasteiger partial charge is 0.322 e. The molecule has 1 aromatic heterocycles. The van der Waals surface area contributed by atoms with Crippen LogP contribution in [0, 0.1) is 5.82 Å². The van der Waals surface area contributed by atoms with Gasteiger partial charge in [0.25, 0.3) is 10.0 Å². The zero-order chi connectivity index (χ0) is 21.3. The molecule has 1 unspecified atom stereocenters. The molecule has 30 heavy (non-hydrogen) atoms. The van der Waals surface area contributed by atoms with E-state index >= 15 is 0 Å². The van der Waals surface area contributed by atoms with Gasteiger partial charge in [0.2, 0.25) is 0 Å². The molecule has 0 saturated carbocycles. The molecule has 0 fully saturated rings. The Bertz CT molecular complexity index is 1180. The van der Waals surface area contributed by atoms with Gasteiger partial charge in [-0.1, -0.05) is 12.1 Å². The normalized spacial score (nSPS) is 16.1. The average Bonchev–Trinajstić information content (AvgIpc) is 3.20. The SMILES string of the molecule is CC1Cc2ccc(F)cc2CN1C(=O)Nc1cccc(S(=O)(=O)Nc2nccs2)c1. The minimum atomic E-state index is -3.83. The van der Waals surface area contributed by atoms with E-state index in [0.717, 1.165) is 11.1 Å². The van der Waals surface area contributed by atoms with Gasteiger partial charge in [-0.3, -0.25) is 4.72 Å². The minimum absolute atomic E-state index is 0.00890. The van der Waals surface area contributed by atoms with E-state index in [1.165, 1.54) is 41.8 Å². The van der Waals surface area contributed by atoms with Gasteiger partial charge in [-0.05, 0) is 54.8 Å². The quantitative estimate of drug-likeness (QED) is 0.632. The fourth-order valence-electron chi connectivity index (χ4n) is 3.36. The van der Waals surface area contributed by atoms with Crippen molar-refractivity contribution in [2.24, 2.45) is 0 Å². The van der Waals surface area contributed by atoms with Gasteiger partial charge in [-0.25, -0.2) is 22.6 Å². The topological polar surface area (TPSA) is 91.4 Å². The van der Waals surface area contributed by atoms with Gasteiger partial charge in [0.15, 0.2) is 5.13 Å². The summed E-state index contributed by atoms with van der Waals surface area (Å²) in [6, 6.07) is 10.1. The number of halogens is 1. The van der Waals surface area contributed by atoms with E-state index in [1.54, 1.807) is 28.5 Å². The van der Waals surface area contributed by atoms with Gasteiger partial charge in [-0.2, -0.15) is 0 Å². The summed E-state index contributed by atoms with van der Waals surface area (Å²) >= 11 is 1.17. The molecule has 1 aliphatic rings. The van der Waals surface area contributed by atoms with Gasteiger partial charge in [-0.15, -0.1) is 11.3 Å². The van der Waals surface area contributed by atoms with Crippen LogP contribution in [0.4, 0.5) is 20.0 Å². The number of nitrogens with zero attached hydrogens (tertiary/aromatic N) is 2. The van der Waals surface area contributed by atoms with Crippen molar-refractivity contribution < 1.29 is 17.6 Å². The Labute approximate surface area is 177 Å². The number of amides is 2. The summed E-state index contributed by atoms with van der Waals surface area (Å²) in [7, 11) is -3.83. The number of fused-ring (bicyclic) bond motifs is 1. The van der Waals surface area contributed by atoms with Crippen molar-refractivity contribution in [3.63, 3.8) is 0 Å². The first-order chi connectivity index (χ1) is 14.3. The molecule has 10 heteroatoms. The first-order valence-corrected chi connectivity index (χ1v) is 11.6. The molecule has 2 aromatic carbocycles. The fourth-order valence-corrected chi connectivity index (χ4v) is 5.20. The Kier molecular flexibility index (Phi) is 5.44. The molecule has 2 N–H and O–H groups in total. The van der Waals surface area contributed by atoms with E-state index in [1.807, 2.05) is 6.92 Å². The summed E-state index contributed by atoms with van der Waals surface area (Å²) in [6.45, 7) is 2.20. The molecule has 3 aromatic rings. The smallest absolute Gasteiger partial charge is 0.317 e. The molecule has 1 aliphatic heterocycles. The average molecular weight is 447 g/mol. The maximum absolute atomic E-state index is 13.6. The molecule has 0 aliphatic carbocycles. The van der Waals surface area contributed by atoms with Crippen molar-refractivity contribution in [2.45, 2.75) is 30.8 Å². The number of anilines is 2. The van der Waals surface area contributed by atoms with Crippen molar-refractivity contribution in [2.75, 3.05) is 10.0 Å². The number of benzene rings is 2. The molecular formula is C20H19FN4O3S2. The summed E-state index contributed by atoms with van der Waals surface area (Å²) in [5, 5.41) is 4.67. The summed E-state index contributed by atoms with van der Waals surface area (Å²) < 4.78 is 41.1. The van der Waals surface area contributed by atoms with Crippen molar-refractivity contribution in [1.29, 1.82) is 0 Å². The molecule has 0 bridgehead atoms. The predicted molar refractivity (Wildman–Crippen MR) is 113 cm³/mol. The van der Waals surface area contributed by atoms with Crippen LogP contribution in [0.3, 0.4) is 0 Å². The maximum atomic E-state index is 13.6. The standard InChI is InChI=1S/C20H19FN4O3S2/c1-13-9-14-5-6-16(21)10-15(14)12-25(13)20(26)23-17-3-2-4-18(11-17)30(27,28)24-19-22-7-8-29-19/h2-8,10-11,13H,9,12H2,1H3,(H,22,24)(H,23,26). The lowest BCUT2D eigenvalue weighted by molar-refractivity contribution is 0.182. The number of urea groups is 1. The van der Waals surface area contributed by atoms with E-state index in [2.05, 4.69) is 15.0 Å². The van der Waals surface area contributed by atoms with Crippen LogP contribution in [0.2, 0.25) is 0 Å². The second-order valence-corrected chi connectivity index (χ2v) is 9.57. The number of aromatic nitrogens is 1. The number of nitrogens with one attached hydrogen (secondary N) is 2. The molecular weight excluding hydrogens is 427 g/mol. The molecule has 1 atom stereocenters. The third kappa shape index (κ3) is 4.29. The van der Waals surface area contributed by atoms with Gasteiger partial charge >= 0.3 is 6.03 Å². The number of rotatable bonds is 4. The van der Waals surface area contributed by atoms with Crippen LogP contribution in [0.5, 0.6) is 0 Å². The van der Waals surface area contributed by atoms with E-state index in [4.69, 9.17) is 0 Å². The molecule has 0 saturated heterocycles. The second kappa shape index (κ2) is 8.04. The number of hydrogen-bond acceptors (Lipinski definition) is 5. The van der Waals surface area contributed by atoms with Gasteiger partial charge in [0, 0.05) is 29.9 Å². The number of hydrogen-bond donors (Lipinski definition) is 2. The lowest BCUT2D eigenvalue weighted by atomic mass is 9.95. The lowest BCUT2D eigenvalue weighted by Crippen LogP contribution is -2.44. The molecule has 4 rings (SSSR count). The number of carbonyl (C=O) groups is 1. The Hall–Kier alpha value is -2.98. The van der Waals surface area contributed by atoms with E-state index in [0.29, 0.717) is 12.1 Å². The highest BCUT2D eigenvalue weighted by Crippen LogP contribution is 2.26. The maximum Gasteiger partial charge on any atom is 0.322 e. The van der Waals surface area contributed by atoms with E-state index < -0.39 is 10.0 Å². The van der Waals surface area contributed by atoms with Crippen LogP contribution >= 0.6 is 11.3 Å². The van der Waals surface area contributed by atoms with Crippen LogP contribution in [0.1, 0.15) is 18.1 Å². The van der Waals surface area contributed by atoms with Crippen LogP contribution in [-0.2, 0) is 23.0 Å². The van der Waals surface area contributed by atoms with Crippen LogP contribution in [-0.4, -0.2) is 30.4 Å². The zero-order valence-corrected chi connectivity index (χ0v) is 17.6. The van der Waals surface area contributed by atoms with Crippen molar-refractivity contribution in [1.82, 2.24) is 9.88 Å². The fraction of sp³-hybridized carbons (Fsp3) is 0.200. The van der Waals surface area contributed by atoms with Gasteiger partial charge < -0.3 is 10.2 Å². The molecule has 0 radical (unpaired) electrons. The van der Waals surface area contributed by atoms with Crippen molar-refractivity contribution in [3.05, 3.63) is 71.0 Å². The first-order valence-electron chi connectivity index (χ1n) is 9.19. The number of sulfonamides is 1. The Morgan fingerprint density at radius 1 is 1.23 bits per heavy atom. The van der Waals surface area contributed by atoms with E-state index in [-0.39, 0.29) is 34.5 Å². The Balaban J connectivity index is 1.50. The predicted octanol–water partition coefficient (Wildman–Crippen LogP) is 4.06. The first kappa shape index (κ1) is 20.3. The lowest BCUT2D eigenvalue weighted by Gasteiger charge is -2.35. The second-order valence-electron chi connectivity index (χ2n) is 6.99. The molecule has 2 amide bonds. The third-order valence-corrected chi connectivity index (χ3v) is 7.02. The Morgan fingerprint density at radius 3 is 2.83 bits per heavy atom. The molecule has 7 nitrogen and oxygen atoms in total. The summed E-state index contributed by atoms with van der Waals surface area (Å²) in [5.74, 6) is -0.339. The van der Waals surface area contributed by atoms with Crippen LogP contribution in [0.25, 0.3) is 0 Å². The minimum Gasteiger partial charge on any atom is -0.317 e. The molecule has 156 valence electrons. The van der Waals surface area contributed by atoms with Crippen molar-refractivity contribution in [3.8, 4) is 0 Å². The van der Waals surface area contributed by atoms with Gasteiger partial charge in [0.1, 0.15) is 5.82 Å². The monoisotopic (exact) mass is 446 g/mol. The third-order valence-electron chi connectivity index (χ3n) is 4.87. The zero-order valence-electron chi connectivity index (χ0n) is 16.0. The highest BCUT2D eigenvalue weighted by atomic mass is 32.2. The summed E-state index contributed by atoms with van der Waals surface area (Å²) in [6.07, 6.45) is 2.12. The summed E-state index contributed by atoms with van der Waals surface area (Å²) in [4.78, 5) is 18.4. The molecule has 0 spiro atoms. The molecule has 2 heterocycles. The highest BCUT2D eigenvalue weighted by Gasteiger charge is 2.27. The van der Waals surface area contributed by atoms with Crippen LogP contribution < -0.4 is 10.0 Å². The Morgan fingerprint density at radius 2 is 2.07 bits per heavy atom. The van der Waals surface area contributed by atoms with E-state index in [9.17, 15) is 17.6 Å². The van der Waals surface area contributed by atoms with Crippen molar-refractivity contribution >= 4 is 38.2 Å². The van der Waals surface area contributed by atoms with Crippen LogP contribution in [0.15, 0.2) is 58.9 Å². The number of thiazole rings is 1. The summed E-state index contributed by atoms with van der Waals surface area (Å²) in [5.41, 5.74) is 2.14. The van der Waals surface area contributed by atoms with Gasteiger partial charge in [0.05, 0.1) is 4.90 Å². The highest BCUT2D eigenvalue weighted by molar-refractivity contribution is 7.93. The number of carbonyl (C=O) groups excluding carboxylic acids is 1.